The SMILES string of the molecule is CC(=O)Nc1ccc(C(=O)OCc2c(C)noc2C)cc1. The molecule has 0 unspecified atom stereocenters. The van der Waals surface area contributed by atoms with E-state index in [0.717, 1.165) is 5.56 Å². The fourth-order valence-electron chi connectivity index (χ4n) is 1.82. The average molecular weight is 288 g/mol. The molecule has 0 bridgehead atoms. The number of aryl methyl sites for hydroxylation is 2. The number of aromatic nitrogens is 1. The van der Waals surface area contributed by atoms with Crippen molar-refractivity contribution in [2.24, 2.45) is 0 Å². The topological polar surface area (TPSA) is 81.4 Å². The van der Waals surface area contributed by atoms with Crippen LogP contribution in [0, 0.1) is 13.8 Å². The van der Waals surface area contributed by atoms with Crippen molar-refractivity contribution in [3.8, 4) is 0 Å². The molecule has 0 radical (unpaired) electrons. The number of esters is 1. The Morgan fingerprint density at radius 3 is 2.43 bits per heavy atom. The van der Waals surface area contributed by atoms with Crippen LogP contribution in [0.15, 0.2) is 28.8 Å². The summed E-state index contributed by atoms with van der Waals surface area (Å²) in [7, 11) is 0. The molecule has 0 aliphatic heterocycles. The number of amides is 1. The molecular weight excluding hydrogens is 272 g/mol. The van der Waals surface area contributed by atoms with Gasteiger partial charge in [0.1, 0.15) is 12.4 Å². The molecule has 110 valence electrons. The Hall–Kier alpha value is -2.63. The highest BCUT2D eigenvalue weighted by Gasteiger charge is 2.13. The zero-order chi connectivity index (χ0) is 15.4. The highest BCUT2D eigenvalue weighted by Crippen LogP contribution is 2.15. The van der Waals surface area contributed by atoms with Gasteiger partial charge in [-0.1, -0.05) is 5.16 Å². The number of hydrogen-bond acceptors (Lipinski definition) is 5. The molecule has 0 fully saturated rings. The molecule has 0 saturated carbocycles. The molecule has 2 rings (SSSR count). The molecule has 6 heteroatoms. The van der Waals surface area contributed by atoms with Gasteiger partial charge >= 0.3 is 5.97 Å². The van der Waals surface area contributed by atoms with Crippen LogP contribution in [0.4, 0.5) is 5.69 Å². The zero-order valence-corrected chi connectivity index (χ0v) is 12.1. The van der Waals surface area contributed by atoms with Gasteiger partial charge in [-0.25, -0.2) is 4.79 Å². The number of nitrogens with zero attached hydrogens (tertiary/aromatic N) is 1. The summed E-state index contributed by atoms with van der Waals surface area (Å²) in [5, 5.41) is 6.43. The van der Waals surface area contributed by atoms with Crippen LogP contribution in [0.2, 0.25) is 0 Å². The van der Waals surface area contributed by atoms with E-state index in [1.165, 1.54) is 6.92 Å². The minimum Gasteiger partial charge on any atom is -0.457 e. The molecule has 1 amide bonds. The van der Waals surface area contributed by atoms with Gasteiger partial charge in [0.15, 0.2) is 0 Å². The molecule has 1 aromatic heterocycles. The second-order valence-electron chi connectivity index (χ2n) is 4.64. The quantitative estimate of drug-likeness (QED) is 0.874. The van der Waals surface area contributed by atoms with Crippen LogP contribution in [-0.4, -0.2) is 17.0 Å². The lowest BCUT2D eigenvalue weighted by Crippen LogP contribution is -2.08. The van der Waals surface area contributed by atoms with Gasteiger partial charge in [0.25, 0.3) is 0 Å². The molecule has 0 spiro atoms. The van der Waals surface area contributed by atoms with E-state index in [9.17, 15) is 9.59 Å². The number of rotatable bonds is 4. The molecule has 1 heterocycles. The first-order valence-electron chi connectivity index (χ1n) is 6.44. The van der Waals surface area contributed by atoms with Crippen LogP contribution in [0.25, 0.3) is 0 Å². The van der Waals surface area contributed by atoms with E-state index in [1.54, 1.807) is 38.1 Å². The summed E-state index contributed by atoms with van der Waals surface area (Å²) in [6.45, 7) is 5.10. The standard InChI is InChI=1S/C15H16N2O4/c1-9-14(10(2)21-17-9)8-20-15(19)12-4-6-13(7-5-12)16-11(3)18/h4-7H,8H2,1-3H3,(H,16,18). The molecule has 1 aromatic carbocycles. The van der Waals surface area contributed by atoms with Crippen molar-refractivity contribution >= 4 is 17.6 Å². The van der Waals surface area contributed by atoms with Crippen molar-refractivity contribution in [2.45, 2.75) is 27.4 Å². The second-order valence-corrected chi connectivity index (χ2v) is 4.64. The zero-order valence-electron chi connectivity index (χ0n) is 12.1. The fourth-order valence-corrected chi connectivity index (χ4v) is 1.82. The Balaban J connectivity index is 1.99. The van der Waals surface area contributed by atoms with Crippen LogP contribution in [0.5, 0.6) is 0 Å². The van der Waals surface area contributed by atoms with Gasteiger partial charge in [0, 0.05) is 12.6 Å². The lowest BCUT2D eigenvalue weighted by molar-refractivity contribution is -0.114. The monoisotopic (exact) mass is 288 g/mol. The Morgan fingerprint density at radius 1 is 1.24 bits per heavy atom. The Kier molecular flexibility index (Phi) is 4.37. The van der Waals surface area contributed by atoms with Gasteiger partial charge in [-0.2, -0.15) is 0 Å². The maximum Gasteiger partial charge on any atom is 0.338 e. The third-order valence-corrected chi connectivity index (χ3v) is 2.97. The first kappa shape index (κ1) is 14.8. The molecule has 1 N–H and O–H groups in total. The second kappa shape index (κ2) is 6.21. The maximum atomic E-state index is 11.9. The fraction of sp³-hybridized carbons (Fsp3) is 0.267. The highest BCUT2D eigenvalue weighted by atomic mass is 16.5. The molecule has 0 atom stereocenters. The highest BCUT2D eigenvalue weighted by molar-refractivity contribution is 5.92. The number of carbonyl (C=O) groups excluding carboxylic acids is 2. The van der Waals surface area contributed by atoms with E-state index < -0.39 is 5.97 Å². The predicted molar refractivity (Wildman–Crippen MR) is 75.8 cm³/mol. The molecule has 2 aromatic rings. The number of benzene rings is 1. The molecule has 0 aliphatic rings. The van der Waals surface area contributed by atoms with Crippen LogP contribution in [-0.2, 0) is 16.1 Å². The van der Waals surface area contributed by atoms with Gasteiger partial charge < -0.3 is 14.6 Å². The van der Waals surface area contributed by atoms with E-state index in [4.69, 9.17) is 9.26 Å². The van der Waals surface area contributed by atoms with E-state index in [0.29, 0.717) is 22.7 Å². The lowest BCUT2D eigenvalue weighted by atomic mass is 10.2. The molecule has 0 saturated heterocycles. The van der Waals surface area contributed by atoms with Crippen LogP contribution in [0.3, 0.4) is 0 Å². The van der Waals surface area contributed by atoms with E-state index >= 15 is 0 Å². The molecule has 21 heavy (non-hydrogen) atoms. The van der Waals surface area contributed by atoms with E-state index in [1.807, 2.05) is 0 Å². The van der Waals surface area contributed by atoms with Crippen LogP contribution in [0.1, 0.15) is 34.3 Å². The molecule has 0 aliphatic carbocycles. The third kappa shape index (κ3) is 3.68. The lowest BCUT2D eigenvalue weighted by Gasteiger charge is -2.06. The number of anilines is 1. The van der Waals surface area contributed by atoms with Crippen molar-refractivity contribution in [2.75, 3.05) is 5.32 Å². The minimum absolute atomic E-state index is 0.118. The summed E-state index contributed by atoms with van der Waals surface area (Å²) >= 11 is 0. The van der Waals surface area contributed by atoms with Crippen molar-refractivity contribution in [3.05, 3.63) is 46.8 Å². The normalized spacial score (nSPS) is 10.2. The number of hydrogen-bond donors (Lipinski definition) is 1. The molecule has 6 nitrogen and oxygen atoms in total. The van der Waals surface area contributed by atoms with Crippen molar-refractivity contribution in [1.82, 2.24) is 5.16 Å². The first-order valence-corrected chi connectivity index (χ1v) is 6.44. The Bertz CT molecular complexity index is 639. The van der Waals surface area contributed by atoms with Crippen molar-refractivity contribution < 1.29 is 18.8 Å². The van der Waals surface area contributed by atoms with E-state index in [2.05, 4.69) is 10.5 Å². The van der Waals surface area contributed by atoms with Gasteiger partial charge in [-0.05, 0) is 38.1 Å². The summed E-state index contributed by atoms with van der Waals surface area (Å²) in [5.41, 5.74) is 2.53. The first-order chi connectivity index (χ1) is 9.97. The number of nitrogens with one attached hydrogen (secondary N) is 1. The van der Waals surface area contributed by atoms with Gasteiger partial charge in [-0.15, -0.1) is 0 Å². The van der Waals surface area contributed by atoms with Crippen LogP contribution >= 0.6 is 0 Å². The van der Waals surface area contributed by atoms with E-state index in [-0.39, 0.29) is 12.5 Å². The van der Waals surface area contributed by atoms with Gasteiger partial charge in [0.05, 0.1) is 16.8 Å². The van der Waals surface area contributed by atoms with Crippen LogP contribution < -0.4 is 5.32 Å². The Labute approximate surface area is 122 Å². The molecular formula is C15H16N2O4. The maximum absolute atomic E-state index is 11.9. The summed E-state index contributed by atoms with van der Waals surface area (Å²) < 4.78 is 10.2. The number of carbonyl (C=O) groups is 2. The minimum atomic E-state index is -0.440. The Morgan fingerprint density at radius 2 is 1.90 bits per heavy atom. The third-order valence-electron chi connectivity index (χ3n) is 2.97. The summed E-state index contributed by atoms with van der Waals surface area (Å²) in [6, 6.07) is 6.49. The van der Waals surface area contributed by atoms with Gasteiger partial charge in [0.2, 0.25) is 5.91 Å². The summed E-state index contributed by atoms with van der Waals surface area (Å²) in [6.07, 6.45) is 0. The van der Waals surface area contributed by atoms with Gasteiger partial charge in [-0.3, -0.25) is 4.79 Å². The average Bonchev–Trinajstić information content (AvgIpc) is 2.75. The predicted octanol–water partition coefficient (Wildman–Crippen LogP) is 2.61. The largest absolute Gasteiger partial charge is 0.457 e. The summed E-state index contributed by atoms with van der Waals surface area (Å²) in [4.78, 5) is 22.8. The number of ether oxygens (including phenoxy) is 1. The smallest absolute Gasteiger partial charge is 0.338 e. The van der Waals surface area contributed by atoms with Crippen molar-refractivity contribution in [1.29, 1.82) is 0 Å². The summed E-state index contributed by atoms with van der Waals surface area (Å²) in [5.74, 6) is 0.0365. The van der Waals surface area contributed by atoms with Crippen molar-refractivity contribution in [3.63, 3.8) is 0 Å².